The molecule has 1 N–H and O–H groups in total. The Morgan fingerprint density at radius 3 is 2.11 bits per heavy atom. The number of ether oxygens (including phenoxy) is 1. The molecule has 0 fully saturated rings. The van der Waals surface area contributed by atoms with Gasteiger partial charge in [0.25, 0.3) is 0 Å². The van der Waals surface area contributed by atoms with Crippen molar-refractivity contribution < 1.29 is 9.53 Å². The molecule has 0 radical (unpaired) electrons. The lowest BCUT2D eigenvalue weighted by molar-refractivity contribution is -0.121. The fourth-order valence-corrected chi connectivity index (χ4v) is 3.50. The maximum Gasteiger partial charge on any atom is 0.220 e. The van der Waals surface area contributed by atoms with Gasteiger partial charge in [0.15, 0.2) is 0 Å². The van der Waals surface area contributed by atoms with Crippen molar-refractivity contribution in [2.75, 3.05) is 13.7 Å². The van der Waals surface area contributed by atoms with E-state index in [4.69, 9.17) is 4.74 Å². The average molecular weight is 373 g/mol. The molecule has 0 bridgehead atoms. The van der Waals surface area contributed by atoms with Gasteiger partial charge in [-0.05, 0) is 36.1 Å². The minimum Gasteiger partial charge on any atom is -0.496 e. The third-order valence-corrected chi connectivity index (χ3v) is 4.95. The zero-order valence-corrected chi connectivity index (χ0v) is 16.5. The molecule has 0 aliphatic heterocycles. The van der Waals surface area contributed by atoms with Crippen LogP contribution in [0.2, 0.25) is 0 Å². The summed E-state index contributed by atoms with van der Waals surface area (Å²) in [4.78, 5) is 12.7. The molecule has 0 spiro atoms. The van der Waals surface area contributed by atoms with Gasteiger partial charge in [-0.15, -0.1) is 0 Å². The van der Waals surface area contributed by atoms with Gasteiger partial charge in [0, 0.05) is 18.9 Å². The molecule has 0 heterocycles. The third-order valence-electron chi connectivity index (χ3n) is 4.95. The molecule has 0 saturated heterocycles. The lowest BCUT2D eigenvalue weighted by atomic mass is 9.88. The van der Waals surface area contributed by atoms with Crippen LogP contribution in [0.4, 0.5) is 0 Å². The molecule has 0 unspecified atom stereocenters. The molecule has 0 aliphatic rings. The Bertz CT molecular complexity index is 851. The van der Waals surface area contributed by atoms with Crippen molar-refractivity contribution in [2.45, 2.75) is 25.7 Å². The highest BCUT2D eigenvalue weighted by Gasteiger charge is 2.18. The lowest BCUT2D eigenvalue weighted by Gasteiger charge is -2.18. The zero-order valence-electron chi connectivity index (χ0n) is 16.5. The van der Waals surface area contributed by atoms with Crippen LogP contribution >= 0.6 is 0 Å². The van der Waals surface area contributed by atoms with Crippen LogP contribution in [0.3, 0.4) is 0 Å². The van der Waals surface area contributed by atoms with E-state index in [0.29, 0.717) is 13.0 Å². The smallest absolute Gasteiger partial charge is 0.220 e. The van der Waals surface area contributed by atoms with Crippen molar-refractivity contribution in [3.63, 3.8) is 0 Å². The maximum absolute atomic E-state index is 12.7. The molecule has 3 heteroatoms. The minimum atomic E-state index is 0.0518. The van der Waals surface area contributed by atoms with Crippen LogP contribution in [0, 0.1) is 6.92 Å². The van der Waals surface area contributed by atoms with Crippen LogP contribution in [0.5, 0.6) is 5.75 Å². The first kappa shape index (κ1) is 19.7. The maximum atomic E-state index is 12.7. The summed E-state index contributed by atoms with van der Waals surface area (Å²) in [6.45, 7) is 2.65. The quantitative estimate of drug-likeness (QED) is 0.611. The van der Waals surface area contributed by atoms with E-state index in [-0.39, 0.29) is 11.8 Å². The van der Waals surface area contributed by atoms with Gasteiger partial charge in [-0.3, -0.25) is 4.79 Å². The van der Waals surface area contributed by atoms with Crippen molar-refractivity contribution in [3.05, 3.63) is 101 Å². The number of benzene rings is 3. The first-order chi connectivity index (χ1) is 13.7. The molecule has 144 valence electrons. The number of rotatable bonds is 8. The van der Waals surface area contributed by atoms with Crippen LogP contribution < -0.4 is 10.1 Å². The third kappa shape index (κ3) is 5.23. The average Bonchev–Trinajstić information content (AvgIpc) is 2.73. The number of carbonyl (C=O) groups is 1. The first-order valence-electron chi connectivity index (χ1n) is 9.67. The standard InChI is InChI=1S/C25H27NO2/c1-19-13-14-24(28-2)22(17-19)15-16-26-25(27)18-23(20-9-5-3-6-10-20)21-11-7-4-8-12-21/h3-14,17,23H,15-16,18H2,1-2H3,(H,26,27). The number of carbonyl (C=O) groups excluding carboxylic acids is 1. The van der Waals surface area contributed by atoms with Crippen molar-refractivity contribution >= 4 is 5.91 Å². The van der Waals surface area contributed by atoms with Gasteiger partial charge < -0.3 is 10.1 Å². The largest absolute Gasteiger partial charge is 0.496 e. The summed E-state index contributed by atoms with van der Waals surface area (Å²) in [6.07, 6.45) is 1.18. The summed E-state index contributed by atoms with van der Waals surface area (Å²) in [5.41, 5.74) is 4.62. The van der Waals surface area contributed by atoms with E-state index in [1.165, 1.54) is 5.56 Å². The van der Waals surface area contributed by atoms with E-state index in [1.807, 2.05) is 48.5 Å². The Balaban J connectivity index is 1.64. The Hall–Kier alpha value is -3.07. The van der Waals surface area contributed by atoms with E-state index in [1.54, 1.807) is 7.11 Å². The molecule has 3 rings (SSSR count). The van der Waals surface area contributed by atoms with Crippen LogP contribution in [0.25, 0.3) is 0 Å². The summed E-state index contributed by atoms with van der Waals surface area (Å²) in [6, 6.07) is 26.6. The van der Waals surface area contributed by atoms with Gasteiger partial charge in [-0.1, -0.05) is 78.4 Å². The fourth-order valence-electron chi connectivity index (χ4n) is 3.50. The molecule has 0 aliphatic carbocycles. The second kappa shape index (κ2) is 9.75. The van der Waals surface area contributed by atoms with E-state index in [9.17, 15) is 4.79 Å². The monoisotopic (exact) mass is 373 g/mol. The van der Waals surface area contributed by atoms with Crippen LogP contribution in [0.15, 0.2) is 78.9 Å². The molecule has 3 aromatic rings. The van der Waals surface area contributed by atoms with Crippen molar-refractivity contribution in [2.24, 2.45) is 0 Å². The number of nitrogens with one attached hydrogen (secondary N) is 1. The van der Waals surface area contributed by atoms with Gasteiger partial charge in [0.1, 0.15) is 5.75 Å². The van der Waals surface area contributed by atoms with Gasteiger partial charge in [-0.2, -0.15) is 0 Å². The summed E-state index contributed by atoms with van der Waals surface area (Å²) >= 11 is 0. The second-order valence-corrected chi connectivity index (χ2v) is 6.99. The number of methoxy groups -OCH3 is 1. The van der Waals surface area contributed by atoms with Gasteiger partial charge in [0.05, 0.1) is 7.11 Å². The summed E-state index contributed by atoms with van der Waals surface area (Å²) in [5, 5.41) is 3.08. The van der Waals surface area contributed by atoms with Crippen LogP contribution in [-0.4, -0.2) is 19.6 Å². The molecule has 3 nitrogen and oxygen atoms in total. The van der Waals surface area contributed by atoms with Crippen molar-refractivity contribution in [3.8, 4) is 5.75 Å². The summed E-state index contributed by atoms with van der Waals surface area (Å²) < 4.78 is 5.43. The van der Waals surface area contributed by atoms with Gasteiger partial charge in [0.2, 0.25) is 5.91 Å². The zero-order chi connectivity index (χ0) is 19.8. The van der Waals surface area contributed by atoms with Gasteiger partial charge in [-0.25, -0.2) is 0 Å². The fraction of sp³-hybridized carbons (Fsp3) is 0.240. The number of hydrogen-bond donors (Lipinski definition) is 1. The molecule has 1 amide bonds. The Labute approximate surface area is 167 Å². The number of aryl methyl sites for hydroxylation is 1. The lowest BCUT2D eigenvalue weighted by Crippen LogP contribution is -2.27. The highest BCUT2D eigenvalue weighted by Crippen LogP contribution is 2.27. The molecule has 0 aromatic heterocycles. The van der Waals surface area contributed by atoms with Gasteiger partial charge >= 0.3 is 0 Å². The molecular formula is C25H27NO2. The predicted molar refractivity (Wildman–Crippen MR) is 114 cm³/mol. The highest BCUT2D eigenvalue weighted by atomic mass is 16.5. The van der Waals surface area contributed by atoms with E-state index in [2.05, 4.69) is 42.6 Å². The summed E-state index contributed by atoms with van der Waals surface area (Å²) in [7, 11) is 1.68. The molecule has 0 atom stereocenters. The molecule has 28 heavy (non-hydrogen) atoms. The van der Waals surface area contributed by atoms with E-state index < -0.39 is 0 Å². The molecular weight excluding hydrogens is 346 g/mol. The Morgan fingerprint density at radius 1 is 0.929 bits per heavy atom. The highest BCUT2D eigenvalue weighted by molar-refractivity contribution is 5.77. The first-order valence-corrected chi connectivity index (χ1v) is 9.67. The topological polar surface area (TPSA) is 38.3 Å². The van der Waals surface area contributed by atoms with Crippen molar-refractivity contribution in [1.29, 1.82) is 0 Å². The van der Waals surface area contributed by atoms with Crippen LogP contribution in [0.1, 0.15) is 34.6 Å². The van der Waals surface area contributed by atoms with E-state index >= 15 is 0 Å². The van der Waals surface area contributed by atoms with Crippen LogP contribution in [-0.2, 0) is 11.2 Å². The predicted octanol–water partition coefficient (Wildman–Crippen LogP) is 4.88. The van der Waals surface area contributed by atoms with Crippen molar-refractivity contribution in [1.82, 2.24) is 5.32 Å². The number of amides is 1. The molecule has 0 saturated carbocycles. The minimum absolute atomic E-state index is 0.0518. The SMILES string of the molecule is COc1ccc(C)cc1CCNC(=O)CC(c1ccccc1)c1ccccc1. The Kier molecular flexibility index (Phi) is 6.85. The summed E-state index contributed by atoms with van der Waals surface area (Å²) in [5.74, 6) is 0.978. The normalized spacial score (nSPS) is 10.7. The van der Waals surface area contributed by atoms with E-state index in [0.717, 1.165) is 28.9 Å². The second-order valence-electron chi connectivity index (χ2n) is 6.99. The number of hydrogen-bond acceptors (Lipinski definition) is 2. The Morgan fingerprint density at radius 2 is 1.54 bits per heavy atom. The molecule has 3 aromatic carbocycles.